The van der Waals surface area contributed by atoms with Crippen LogP contribution in [-0.4, -0.2) is 36.4 Å². The van der Waals surface area contributed by atoms with Gasteiger partial charge >= 0.3 is 5.97 Å². The normalized spacial score (nSPS) is 16.0. The van der Waals surface area contributed by atoms with Crippen LogP contribution in [0.5, 0.6) is 0 Å². The second-order valence-corrected chi connectivity index (χ2v) is 8.81. The first-order valence-corrected chi connectivity index (χ1v) is 10.6. The Hall–Kier alpha value is -2.06. The number of hydrogen-bond donors (Lipinski definition) is 0. The molecule has 0 saturated heterocycles. The van der Waals surface area contributed by atoms with E-state index in [4.69, 9.17) is 9.15 Å². The van der Waals surface area contributed by atoms with Crippen LogP contribution in [0.4, 0.5) is 0 Å². The second kappa shape index (κ2) is 7.90. The van der Waals surface area contributed by atoms with Crippen molar-refractivity contribution >= 4 is 16.0 Å². The van der Waals surface area contributed by atoms with Crippen molar-refractivity contribution < 1.29 is 22.4 Å². The van der Waals surface area contributed by atoms with Crippen LogP contribution >= 0.6 is 0 Å². The number of carbonyl (C=O) groups excluding carboxylic acids is 1. The first-order valence-electron chi connectivity index (χ1n) is 9.15. The highest BCUT2D eigenvalue weighted by Gasteiger charge is 2.36. The van der Waals surface area contributed by atoms with Gasteiger partial charge in [0.05, 0.1) is 19.9 Å². The predicted octanol–water partition coefficient (Wildman–Crippen LogP) is 3.24. The summed E-state index contributed by atoms with van der Waals surface area (Å²) < 4.78 is 40.4. The summed E-state index contributed by atoms with van der Waals surface area (Å²) in [4.78, 5) is 12.1. The molecule has 2 heterocycles. The molecule has 27 heavy (non-hydrogen) atoms. The van der Waals surface area contributed by atoms with Gasteiger partial charge < -0.3 is 13.7 Å². The van der Waals surface area contributed by atoms with Gasteiger partial charge in [-0.15, -0.1) is 0 Å². The lowest BCUT2D eigenvalue weighted by Crippen LogP contribution is -2.41. The quantitative estimate of drug-likeness (QED) is 0.703. The zero-order chi connectivity index (χ0) is 19.6. The summed E-state index contributed by atoms with van der Waals surface area (Å²) in [5.41, 5.74) is 0.728. The Morgan fingerprint density at radius 3 is 2.63 bits per heavy atom. The summed E-state index contributed by atoms with van der Waals surface area (Å²) in [6.07, 6.45) is 6.35. The highest BCUT2D eigenvalue weighted by atomic mass is 32.2. The van der Waals surface area contributed by atoms with E-state index in [2.05, 4.69) is 0 Å². The van der Waals surface area contributed by atoms with Crippen molar-refractivity contribution in [2.24, 2.45) is 7.05 Å². The zero-order valence-electron chi connectivity index (χ0n) is 16.0. The average Bonchev–Trinajstić information content (AvgIpc) is 3.29. The van der Waals surface area contributed by atoms with E-state index in [-0.39, 0.29) is 23.2 Å². The third-order valence-corrected chi connectivity index (χ3v) is 7.36. The molecule has 2 aromatic rings. The van der Waals surface area contributed by atoms with Gasteiger partial charge in [0.15, 0.2) is 0 Å². The minimum absolute atomic E-state index is 0.0740. The Morgan fingerprint density at radius 1 is 1.33 bits per heavy atom. The fourth-order valence-electron chi connectivity index (χ4n) is 3.69. The van der Waals surface area contributed by atoms with Gasteiger partial charge in [-0.2, -0.15) is 4.31 Å². The highest BCUT2D eigenvalue weighted by Crippen LogP contribution is 2.32. The minimum atomic E-state index is -3.81. The molecule has 0 atom stereocenters. The fourth-order valence-corrected chi connectivity index (χ4v) is 5.62. The Labute approximate surface area is 160 Å². The van der Waals surface area contributed by atoms with Crippen LogP contribution in [0.2, 0.25) is 0 Å². The Morgan fingerprint density at radius 2 is 2.04 bits per heavy atom. The van der Waals surface area contributed by atoms with E-state index in [1.807, 2.05) is 0 Å². The molecule has 8 heteroatoms. The number of sulfonamides is 1. The molecule has 0 spiro atoms. The van der Waals surface area contributed by atoms with Crippen LogP contribution in [0.25, 0.3) is 0 Å². The molecule has 0 N–H and O–H groups in total. The number of aromatic nitrogens is 1. The fraction of sp³-hybridized carbons (Fsp3) is 0.526. The van der Waals surface area contributed by atoms with Gasteiger partial charge in [0.1, 0.15) is 16.3 Å². The molecule has 1 aliphatic rings. The van der Waals surface area contributed by atoms with Crippen molar-refractivity contribution in [2.45, 2.75) is 56.5 Å². The van der Waals surface area contributed by atoms with Crippen LogP contribution in [0, 0.1) is 6.92 Å². The number of nitrogens with zero attached hydrogens (tertiary/aromatic N) is 2. The maximum absolute atomic E-state index is 13.6. The minimum Gasteiger partial charge on any atom is -0.468 e. The van der Waals surface area contributed by atoms with Crippen molar-refractivity contribution in [1.82, 2.24) is 8.87 Å². The van der Waals surface area contributed by atoms with Crippen molar-refractivity contribution in [1.29, 1.82) is 0 Å². The number of ether oxygens (including phenoxy) is 1. The molecule has 2 aromatic heterocycles. The monoisotopic (exact) mass is 394 g/mol. The number of carbonyl (C=O) groups is 1. The molecule has 3 rings (SSSR count). The van der Waals surface area contributed by atoms with Gasteiger partial charge in [-0.05, 0) is 38.0 Å². The van der Waals surface area contributed by atoms with Gasteiger partial charge in [-0.1, -0.05) is 19.3 Å². The molecule has 1 aliphatic carbocycles. The molecule has 148 valence electrons. The molecule has 1 saturated carbocycles. The van der Waals surface area contributed by atoms with Gasteiger partial charge in [0, 0.05) is 18.8 Å². The molecule has 0 bridgehead atoms. The number of esters is 1. The molecule has 0 aliphatic heterocycles. The van der Waals surface area contributed by atoms with E-state index >= 15 is 0 Å². The van der Waals surface area contributed by atoms with Gasteiger partial charge in [0.25, 0.3) is 0 Å². The lowest BCUT2D eigenvalue weighted by atomic mass is 9.95. The van der Waals surface area contributed by atoms with E-state index in [1.165, 1.54) is 17.5 Å². The summed E-state index contributed by atoms with van der Waals surface area (Å²) in [6, 6.07) is 4.87. The van der Waals surface area contributed by atoms with Crippen LogP contribution in [-0.2, 0) is 28.4 Å². The van der Waals surface area contributed by atoms with Crippen molar-refractivity contribution in [3.05, 3.63) is 41.6 Å². The first-order chi connectivity index (χ1) is 12.9. The molecule has 0 amide bonds. The van der Waals surface area contributed by atoms with E-state index in [0.29, 0.717) is 11.5 Å². The summed E-state index contributed by atoms with van der Waals surface area (Å²) in [6.45, 7) is 1.88. The van der Waals surface area contributed by atoms with Crippen molar-refractivity contribution in [3.63, 3.8) is 0 Å². The van der Waals surface area contributed by atoms with E-state index in [0.717, 1.165) is 32.1 Å². The Balaban J connectivity index is 2.03. The molecule has 0 radical (unpaired) electrons. The zero-order valence-corrected chi connectivity index (χ0v) is 16.8. The largest absolute Gasteiger partial charge is 0.468 e. The third-order valence-electron chi connectivity index (χ3n) is 5.34. The molecule has 7 nitrogen and oxygen atoms in total. The van der Waals surface area contributed by atoms with E-state index in [1.54, 1.807) is 36.9 Å². The summed E-state index contributed by atoms with van der Waals surface area (Å²) in [7, 11) is -0.860. The SMILES string of the molecule is COC(=O)c1cc(S(=O)(=O)N(Cc2ccco2)C2CCCCC2)c(C)n1C. The summed E-state index contributed by atoms with van der Waals surface area (Å²) >= 11 is 0. The highest BCUT2D eigenvalue weighted by molar-refractivity contribution is 7.89. The Kier molecular flexibility index (Phi) is 5.76. The molecule has 0 aromatic carbocycles. The van der Waals surface area contributed by atoms with Crippen LogP contribution in [0.1, 0.15) is 54.0 Å². The Bertz CT molecular complexity index is 893. The standard InChI is InChI=1S/C19H26N2O5S/c1-14-18(12-17(20(14)2)19(22)25-3)27(23,24)21(13-16-10-7-11-26-16)15-8-5-4-6-9-15/h7,10-12,15H,4-6,8-9,13H2,1-3H3. The van der Waals surface area contributed by atoms with Gasteiger partial charge in [-0.25, -0.2) is 13.2 Å². The number of rotatable bonds is 6. The van der Waals surface area contributed by atoms with Crippen molar-refractivity contribution in [3.8, 4) is 0 Å². The summed E-state index contributed by atoms with van der Waals surface area (Å²) in [5.74, 6) is 0.0447. The van der Waals surface area contributed by atoms with Gasteiger partial charge in [-0.3, -0.25) is 0 Å². The number of hydrogen-bond acceptors (Lipinski definition) is 5. The lowest BCUT2D eigenvalue weighted by Gasteiger charge is -2.32. The van der Waals surface area contributed by atoms with E-state index < -0.39 is 16.0 Å². The number of furan rings is 1. The maximum atomic E-state index is 13.6. The maximum Gasteiger partial charge on any atom is 0.354 e. The average molecular weight is 394 g/mol. The van der Waals surface area contributed by atoms with E-state index in [9.17, 15) is 13.2 Å². The summed E-state index contributed by atoms with van der Waals surface area (Å²) in [5, 5.41) is 0. The molecular weight excluding hydrogens is 368 g/mol. The van der Waals surface area contributed by atoms with Crippen LogP contribution in [0.15, 0.2) is 33.8 Å². The molecule has 1 fully saturated rings. The van der Waals surface area contributed by atoms with Crippen molar-refractivity contribution in [2.75, 3.05) is 7.11 Å². The number of methoxy groups -OCH3 is 1. The molecular formula is C19H26N2O5S. The predicted molar refractivity (Wildman–Crippen MR) is 99.8 cm³/mol. The smallest absolute Gasteiger partial charge is 0.354 e. The lowest BCUT2D eigenvalue weighted by molar-refractivity contribution is 0.0589. The topological polar surface area (TPSA) is 81.8 Å². The molecule has 0 unspecified atom stereocenters. The van der Waals surface area contributed by atoms with Gasteiger partial charge in [0.2, 0.25) is 10.0 Å². The van der Waals surface area contributed by atoms with Crippen LogP contribution < -0.4 is 0 Å². The van der Waals surface area contributed by atoms with Crippen LogP contribution in [0.3, 0.4) is 0 Å². The third kappa shape index (κ3) is 3.82. The first kappa shape index (κ1) is 19.7. The second-order valence-electron chi connectivity index (χ2n) is 6.95.